The van der Waals surface area contributed by atoms with Crippen molar-refractivity contribution >= 4 is 17.7 Å². The Bertz CT molecular complexity index is 1280. The zero-order valence-electron chi connectivity index (χ0n) is 16.1. The molecule has 0 fully saturated rings. The number of hydrogen-bond acceptors (Lipinski definition) is 7. The SMILES string of the molecule is Cc1cn(-c2cnc(N(C)C(=O)Oc3c(F)ccc4c3CCO4)n3cnnc23)cn1. The van der Waals surface area contributed by atoms with Crippen LogP contribution in [0.3, 0.4) is 0 Å². The van der Waals surface area contributed by atoms with Gasteiger partial charge in [0.05, 0.1) is 24.8 Å². The molecule has 0 saturated heterocycles. The van der Waals surface area contributed by atoms with Gasteiger partial charge >= 0.3 is 6.09 Å². The molecule has 0 spiro atoms. The molecule has 1 aliphatic heterocycles. The quantitative estimate of drug-likeness (QED) is 0.512. The lowest BCUT2D eigenvalue weighted by atomic mass is 10.1. The van der Waals surface area contributed by atoms with Gasteiger partial charge in [0.25, 0.3) is 0 Å². The molecule has 152 valence electrons. The number of aryl methyl sites for hydroxylation is 1. The smallest absolute Gasteiger partial charge is 0.421 e. The monoisotopic (exact) mass is 409 g/mol. The number of imidazole rings is 1. The largest absolute Gasteiger partial charge is 0.493 e. The number of anilines is 1. The normalized spacial score (nSPS) is 12.6. The van der Waals surface area contributed by atoms with Gasteiger partial charge in [-0.3, -0.25) is 0 Å². The maximum absolute atomic E-state index is 14.3. The summed E-state index contributed by atoms with van der Waals surface area (Å²) < 4.78 is 28.4. The van der Waals surface area contributed by atoms with Crippen molar-refractivity contribution in [2.45, 2.75) is 13.3 Å². The standard InChI is InChI=1S/C19H16FN7O3/c1-11-8-26(9-22-11)14-7-21-18(27-10-23-24-17(14)27)25(2)19(28)30-16-12-5-6-29-15(12)4-3-13(16)20/h3-4,7-10H,5-6H2,1-2H3. The van der Waals surface area contributed by atoms with E-state index < -0.39 is 11.9 Å². The Morgan fingerprint density at radius 1 is 1.30 bits per heavy atom. The zero-order chi connectivity index (χ0) is 20.8. The highest BCUT2D eigenvalue weighted by Gasteiger charge is 2.26. The molecule has 0 atom stereocenters. The number of carbonyl (C=O) groups excluding carboxylic acids is 1. The van der Waals surface area contributed by atoms with Gasteiger partial charge in [-0.1, -0.05) is 0 Å². The minimum absolute atomic E-state index is 0.132. The number of hydrogen-bond donors (Lipinski definition) is 0. The van der Waals surface area contributed by atoms with Crippen molar-refractivity contribution in [2.75, 3.05) is 18.6 Å². The van der Waals surface area contributed by atoms with Crippen LogP contribution in [0.1, 0.15) is 11.3 Å². The van der Waals surface area contributed by atoms with Gasteiger partial charge in [-0.2, -0.15) is 0 Å². The summed E-state index contributed by atoms with van der Waals surface area (Å²) in [5.74, 6) is -0.0347. The molecule has 0 N–H and O–H groups in total. The summed E-state index contributed by atoms with van der Waals surface area (Å²) in [6.07, 6.45) is 6.11. The van der Waals surface area contributed by atoms with Crippen molar-refractivity contribution < 1.29 is 18.7 Å². The molecule has 3 aromatic heterocycles. The molecule has 5 rings (SSSR count). The minimum Gasteiger partial charge on any atom is -0.493 e. The first-order valence-electron chi connectivity index (χ1n) is 9.12. The lowest BCUT2D eigenvalue weighted by molar-refractivity contribution is 0.206. The second-order valence-electron chi connectivity index (χ2n) is 6.77. The lowest BCUT2D eigenvalue weighted by Gasteiger charge is -2.18. The van der Waals surface area contributed by atoms with E-state index in [0.29, 0.717) is 35.7 Å². The third-order valence-corrected chi connectivity index (χ3v) is 4.83. The van der Waals surface area contributed by atoms with E-state index in [1.54, 1.807) is 21.5 Å². The molecule has 0 unspecified atom stereocenters. The fraction of sp³-hybridized carbons (Fsp3) is 0.211. The third kappa shape index (κ3) is 2.82. The number of halogens is 1. The van der Waals surface area contributed by atoms with Gasteiger partial charge in [0.1, 0.15) is 17.8 Å². The molecule has 1 aromatic carbocycles. The van der Waals surface area contributed by atoms with E-state index in [2.05, 4.69) is 20.2 Å². The average molecular weight is 409 g/mol. The average Bonchev–Trinajstić information content (AvgIpc) is 3.49. The predicted molar refractivity (Wildman–Crippen MR) is 103 cm³/mol. The fourth-order valence-electron chi connectivity index (χ4n) is 3.34. The summed E-state index contributed by atoms with van der Waals surface area (Å²) in [5, 5.41) is 8.05. The van der Waals surface area contributed by atoms with Crippen LogP contribution in [-0.2, 0) is 6.42 Å². The Hall–Kier alpha value is -4.02. The number of nitrogens with zero attached hydrogens (tertiary/aromatic N) is 7. The highest BCUT2D eigenvalue weighted by Crippen LogP contribution is 2.36. The summed E-state index contributed by atoms with van der Waals surface area (Å²) in [4.78, 5) is 22.5. The first kappa shape index (κ1) is 18.0. The molecular formula is C19H16FN7O3. The number of aromatic nitrogens is 6. The number of rotatable bonds is 3. The summed E-state index contributed by atoms with van der Waals surface area (Å²) in [5.41, 5.74) is 2.48. The molecule has 0 bridgehead atoms. The minimum atomic E-state index is -0.803. The van der Waals surface area contributed by atoms with Crippen LogP contribution in [0.2, 0.25) is 0 Å². The van der Waals surface area contributed by atoms with Crippen LogP contribution in [0.25, 0.3) is 11.3 Å². The third-order valence-electron chi connectivity index (χ3n) is 4.83. The Labute approximate surface area is 169 Å². The van der Waals surface area contributed by atoms with Crippen molar-refractivity contribution in [3.8, 4) is 17.2 Å². The van der Waals surface area contributed by atoms with E-state index in [0.717, 1.165) is 10.6 Å². The molecule has 1 aliphatic rings. The van der Waals surface area contributed by atoms with Crippen LogP contribution in [0, 0.1) is 12.7 Å². The Kier molecular flexibility index (Phi) is 4.09. The van der Waals surface area contributed by atoms with E-state index in [1.165, 1.54) is 25.5 Å². The van der Waals surface area contributed by atoms with Gasteiger partial charge in [0.15, 0.2) is 17.2 Å². The van der Waals surface area contributed by atoms with Gasteiger partial charge in [-0.25, -0.2) is 28.5 Å². The van der Waals surface area contributed by atoms with Crippen LogP contribution in [0.15, 0.2) is 37.2 Å². The van der Waals surface area contributed by atoms with Crippen LogP contribution in [-0.4, -0.2) is 48.9 Å². The fourth-order valence-corrected chi connectivity index (χ4v) is 3.34. The van der Waals surface area contributed by atoms with Gasteiger partial charge in [-0.15, -0.1) is 10.2 Å². The van der Waals surface area contributed by atoms with Crippen LogP contribution >= 0.6 is 0 Å². The molecule has 11 heteroatoms. The maximum atomic E-state index is 14.3. The van der Waals surface area contributed by atoms with E-state index in [4.69, 9.17) is 9.47 Å². The number of ether oxygens (including phenoxy) is 2. The molecule has 1 amide bonds. The number of fused-ring (bicyclic) bond motifs is 2. The first-order valence-corrected chi connectivity index (χ1v) is 9.12. The number of amides is 1. The van der Waals surface area contributed by atoms with Crippen LogP contribution in [0.4, 0.5) is 15.1 Å². The molecular weight excluding hydrogens is 393 g/mol. The second-order valence-corrected chi connectivity index (χ2v) is 6.77. The highest BCUT2D eigenvalue weighted by atomic mass is 19.1. The van der Waals surface area contributed by atoms with Gasteiger partial charge < -0.3 is 14.0 Å². The molecule has 4 heterocycles. The van der Waals surface area contributed by atoms with Crippen molar-refractivity contribution in [1.82, 2.24) is 29.1 Å². The summed E-state index contributed by atoms with van der Waals surface area (Å²) in [7, 11) is 1.47. The zero-order valence-corrected chi connectivity index (χ0v) is 16.1. The van der Waals surface area contributed by atoms with E-state index in [9.17, 15) is 9.18 Å². The topological polar surface area (TPSA) is 99.7 Å². The molecule has 0 saturated carbocycles. The highest BCUT2D eigenvalue weighted by molar-refractivity contribution is 5.87. The molecule has 0 radical (unpaired) electrons. The van der Waals surface area contributed by atoms with Gasteiger partial charge in [0.2, 0.25) is 5.95 Å². The Morgan fingerprint density at radius 3 is 2.97 bits per heavy atom. The summed E-state index contributed by atoms with van der Waals surface area (Å²) in [6, 6.07) is 2.74. The van der Waals surface area contributed by atoms with Crippen molar-refractivity contribution in [1.29, 1.82) is 0 Å². The number of benzene rings is 1. The maximum Gasteiger partial charge on any atom is 0.421 e. The van der Waals surface area contributed by atoms with Crippen LogP contribution < -0.4 is 14.4 Å². The van der Waals surface area contributed by atoms with E-state index in [1.807, 2.05) is 13.1 Å². The number of carbonyl (C=O) groups is 1. The van der Waals surface area contributed by atoms with Crippen molar-refractivity contribution in [3.63, 3.8) is 0 Å². The first-order chi connectivity index (χ1) is 14.5. The Morgan fingerprint density at radius 2 is 2.17 bits per heavy atom. The predicted octanol–water partition coefficient (Wildman–Crippen LogP) is 2.33. The van der Waals surface area contributed by atoms with Gasteiger partial charge in [0, 0.05) is 25.2 Å². The van der Waals surface area contributed by atoms with Crippen LogP contribution in [0.5, 0.6) is 11.5 Å². The summed E-state index contributed by atoms with van der Waals surface area (Å²) in [6.45, 7) is 2.28. The van der Waals surface area contributed by atoms with Crippen molar-refractivity contribution in [3.05, 3.63) is 54.3 Å². The van der Waals surface area contributed by atoms with E-state index >= 15 is 0 Å². The molecule has 4 aromatic rings. The molecule has 10 nitrogen and oxygen atoms in total. The lowest BCUT2D eigenvalue weighted by Crippen LogP contribution is -2.32. The summed E-state index contributed by atoms with van der Waals surface area (Å²) >= 11 is 0. The van der Waals surface area contributed by atoms with Crippen molar-refractivity contribution in [2.24, 2.45) is 0 Å². The Balaban J connectivity index is 1.49. The van der Waals surface area contributed by atoms with Gasteiger partial charge in [-0.05, 0) is 19.1 Å². The van der Waals surface area contributed by atoms with E-state index in [-0.39, 0.29) is 11.7 Å². The second kappa shape index (κ2) is 6.79. The molecule has 30 heavy (non-hydrogen) atoms. The molecule has 0 aliphatic carbocycles.